The molecular weight excluding hydrogens is 519 g/mol. The zero-order valence-electron chi connectivity index (χ0n) is 17.4. The minimum absolute atomic E-state index is 0.101. The van der Waals surface area contributed by atoms with Crippen LogP contribution in [0.3, 0.4) is 0 Å². The van der Waals surface area contributed by atoms with Crippen LogP contribution in [0.15, 0.2) is 42.5 Å². The molecule has 3 aromatic heterocycles. The molecule has 2 N–H and O–H groups in total. The van der Waals surface area contributed by atoms with E-state index in [1.54, 1.807) is 23.9 Å². The largest absolute Gasteiger partial charge is 0.378 e. The number of methoxy groups -OCH3 is 1. The van der Waals surface area contributed by atoms with E-state index in [9.17, 15) is 5.26 Å². The molecular formula is C22H19IN8O. The Kier molecular flexibility index (Phi) is 6.38. The number of hydrogen-bond donors (Lipinski definition) is 1. The van der Waals surface area contributed by atoms with Crippen LogP contribution in [0.25, 0.3) is 22.6 Å². The lowest BCUT2D eigenvalue weighted by molar-refractivity contribution is 0.181. The molecule has 0 aliphatic rings. The summed E-state index contributed by atoms with van der Waals surface area (Å²) in [6.45, 7) is 2.82. The molecule has 9 nitrogen and oxygen atoms in total. The second kappa shape index (κ2) is 9.37. The number of halogens is 1. The van der Waals surface area contributed by atoms with Gasteiger partial charge in [-0.1, -0.05) is 17.3 Å². The van der Waals surface area contributed by atoms with Crippen molar-refractivity contribution in [2.75, 3.05) is 12.8 Å². The summed E-state index contributed by atoms with van der Waals surface area (Å²) < 4.78 is 7.82. The van der Waals surface area contributed by atoms with Gasteiger partial charge in [-0.05, 0) is 59.8 Å². The molecule has 0 fully saturated rings. The Hall–Kier alpha value is -3.43. The predicted molar refractivity (Wildman–Crippen MR) is 127 cm³/mol. The summed E-state index contributed by atoms with van der Waals surface area (Å²) in [4.78, 5) is 13.3. The third-order valence-electron chi connectivity index (χ3n) is 4.83. The maximum absolute atomic E-state index is 9.53. The quantitative estimate of drug-likeness (QED) is 0.370. The molecule has 0 bridgehead atoms. The van der Waals surface area contributed by atoms with Gasteiger partial charge in [-0.15, -0.1) is 5.10 Å². The second-order valence-electron chi connectivity index (χ2n) is 7.01. The normalized spacial score (nSPS) is 10.8. The SMILES string of the molecule is COCc1cccc(Cn2nnc(-c3cc(-c4c(I)cccc4C#N)nc(N)n3)c2C)n1. The third kappa shape index (κ3) is 4.44. The summed E-state index contributed by atoms with van der Waals surface area (Å²) in [6.07, 6.45) is 0. The lowest BCUT2D eigenvalue weighted by Crippen LogP contribution is -2.07. The zero-order valence-corrected chi connectivity index (χ0v) is 19.6. The van der Waals surface area contributed by atoms with Gasteiger partial charge in [0.2, 0.25) is 5.95 Å². The Morgan fingerprint density at radius 2 is 1.84 bits per heavy atom. The van der Waals surface area contributed by atoms with Crippen molar-refractivity contribution >= 4 is 28.5 Å². The molecule has 0 aliphatic heterocycles. The number of nitrogens with zero attached hydrogens (tertiary/aromatic N) is 7. The fourth-order valence-corrected chi connectivity index (χ4v) is 4.11. The summed E-state index contributed by atoms with van der Waals surface area (Å²) in [5.41, 5.74) is 11.5. The molecule has 0 saturated carbocycles. The number of nitriles is 1. The van der Waals surface area contributed by atoms with Crippen LogP contribution >= 0.6 is 22.6 Å². The van der Waals surface area contributed by atoms with Gasteiger partial charge in [-0.25, -0.2) is 14.6 Å². The van der Waals surface area contributed by atoms with Crippen molar-refractivity contribution < 1.29 is 4.74 Å². The fraction of sp³-hybridized carbons (Fsp3) is 0.182. The smallest absolute Gasteiger partial charge is 0.221 e. The molecule has 0 atom stereocenters. The highest BCUT2D eigenvalue weighted by atomic mass is 127. The highest BCUT2D eigenvalue weighted by molar-refractivity contribution is 14.1. The van der Waals surface area contributed by atoms with E-state index in [1.807, 2.05) is 37.3 Å². The second-order valence-corrected chi connectivity index (χ2v) is 8.17. The topological polar surface area (TPSA) is 128 Å². The van der Waals surface area contributed by atoms with Gasteiger partial charge < -0.3 is 10.5 Å². The van der Waals surface area contributed by atoms with Crippen molar-refractivity contribution in [3.63, 3.8) is 0 Å². The highest BCUT2D eigenvalue weighted by Crippen LogP contribution is 2.30. The van der Waals surface area contributed by atoms with Gasteiger partial charge in [0.1, 0.15) is 5.69 Å². The first-order valence-corrected chi connectivity index (χ1v) is 10.8. The van der Waals surface area contributed by atoms with Crippen LogP contribution in [0, 0.1) is 21.8 Å². The van der Waals surface area contributed by atoms with Crippen molar-refractivity contribution in [3.05, 3.63) is 68.7 Å². The van der Waals surface area contributed by atoms with E-state index in [2.05, 4.69) is 53.9 Å². The predicted octanol–water partition coefficient (Wildman–Crippen LogP) is 3.36. The van der Waals surface area contributed by atoms with Crippen LogP contribution in [0.4, 0.5) is 5.95 Å². The Morgan fingerprint density at radius 3 is 2.62 bits per heavy atom. The van der Waals surface area contributed by atoms with Gasteiger partial charge in [0, 0.05) is 16.2 Å². The monoisotopic (exact) mass is 538 g/mol. The van der Waals surface area contributed by atoms with E-state index in [4.69, 9.17) is 10.5 Å². The lowest BCUT2D eigenvalue weighted by Gasteiger charge is -2.09. The van der Waals surface area contributed by atoms with Crippen LogP contribution in [-0.2, 0) is 17.9 Å². The van der Waals surface area contributed by atoms with Gasteiger partial charge in [0.05, 0.1) is 53.3 Å². The maximum atomic E-state index is 9.53. The Morgan fingerprint density at radius 1 is 1.09 bits per heavy atom. The van der Waals surface area contributed by atoms with E-state index < -0.39 is 0 Å². The van der Waals surface area contributed by atoms with E-state index in [1.165, 1.54) is 0 Å². The molecule has 1 aromatic carbocycles. The number of nitrogens with two attached hydrogens (primary N) is 1. The first kappa shape index (κ1) is 21.8. The number of aromatic nitrogens is 6. The summed E-state index contributed by atoms with van der Waals surface area (Å²) in [6, 6.07) is 15.3. The number of anilines is 1. The molecule has 0 spiro atoms. The van der Waals surface area contributed by atoms with Crippen molar-refractivity contribution in [2.24, 2.45) is 0 Å². The van der Waals surface area contributed by atoms with Gasteiger partial charge >= 0.3 is 0 Å². The van der Waals surface area contributed by atoms with Crippen molar-refractivity contribution in [3.8, 4) is 28.7 Å². The number of benzene rings is 1. The zero-order chi connectivity index (χ0) is 22.7. The first-order valence-electron chi connectivity index (χ1n) is 9.68. The number of ether oxygens (including phenoxy) is 1. The fourth-order valence-electron chi connectivity index (χ4n) is 3.34. The number of rotatable bonds is 6. The number of nitrogen functional groups attached to an aromatic ring is 1. The van der Waals surface area contributed by atoms with E-state index in [0.29, 0.717) is 35.8 Å². The molecule has 160 valence electrons. The minimum Gasteiger partial charge on any atom is -0.378 e. The molecule has 0 unspecified atom stereocenters. The van der Waals surface area contributed by atoms with Gasteiger partial charge in [0.25, 0.3) is 0 Å². The van der Waals surface area contributed by atoms with Crippen LogP contribution in [-0.4, -0.2) is 37.1 Å². The van der Waals surface area contributed by atoms with Gasteiger partial charge in [-0.3, -0.25) is 4.98 Å². The van der Waals surface area contributed by atoms with Crippen molar-refractivity contribution in [2.45, 2.75) is 20.1 Å². The molecule has 0 radical (unpaired) electrons. The van der Waals surface area contributed by atoms with Crippen LogP contribution < -0.4 is 5.73 Å². The average molecular weight is 538 g/mol. The van der Waals surface area contributed by atoms with Gasteiger partial charge in [-0.2, -0.15) is 5.26 Å². The summed E-state index contributed by atoms with van der Waals surface area (Å²) in [7, 11) is 1.64. The maximum Gasteiger partial charge on any atom is 0.221 e. The molecule has 32 heavy (non-hydrogen) atoms. The molecule has 0 amide bonds. The van der Waals surface area contributed by atoms with E-state index in [-0.39, 0.29) is 5.95 Å². The van der Waals surface area contributed by atoms with Crippen molar-refractivity contribution in [1.29, 1.82) is 5.26 Å². The number of pyridine rings is 1. The van der Waals surface area contributed by atoms with E-state index >= 15 is 0 Å². The first-order chi connectivity index (χ1) is 15.5. The average Bonchev–Trinajstić information content (AvgIpc) is 3.13. The summed E-state index contributed by atoms with van der Waals surface area (Å²) in [5, 5.41) is 18.1. The van der Waals surface area contributed by atoms with Crippen LogP contribution in [0.5, 0.6) is 0 Å². The van der Waals surface area contributed by atoms with Crippen molar-refractivity contribution in [1.82, 2.24) is 29.9 Å². The number of hydrogen-bond acceptors (Lipinski definition) is 8. The Bertz CT molecular complexity index is 1330. The Balaban J connectivity index is 1.71. The molecule has 3 heterocycles. The molecule has 0 aliphatic carbocycles. The minimum atomic E-state index is 0.101. The highest BCUT2D eigenvalue weighted by Gasteiger charge is 2.18. The molecule has 10 heteroatoms. The molecule has 4 aromatic rings. The van der Waals surface area contributed by atoms with E-state index in [0.717, 1.165) is 26.2 Å². The summed E-state index contributed by atoms with van der Waals surface area (Å²) in [5.74, 6) is 0.101. The van der Waals surface area contributed by atoms with Gasteiger partial charge in [0.15, 0.2) is 0 Å². The lowest BCUT2D eigenvalue weighted by atomic mass is 10.0. The standard InChI is InChI=1S/C22H19IN8O/c1-13-21(29-30-31(13)11-15-6-4-7-16(26-15)12-32-2)19-9-18(27-22(25)28-19)20-14(10-24)5-3-8-17(20)23/h3-9H,11-12H2,1-2H3,(H2,25,27,28). The summed E-state index contributed by atoms with van der Waals surface area (Å²) >= 11 is 2.18. The molecule has 4 rings (SSSR count). The molecule has 0 saturated heterocycles. The van der Waals surface area contributed by atoms with Crippen LogP contribution in [0.1, 0.15) is 22.6 Å². The Labute approximate surface area is 198 Å². The third-order valence-corrected chi connectivity index (χ3v) is 5.73. The van der Waals surface area contributed by atoms with Crippen LogP contribution in [0.2, 0.25) is 0 Å².